The van der Waals surface area contributed by atoms with Crippen LogP contribution in [0.3, 0.4) is 0 Å². The summed E-state index contributed by atoms with van der Waals surface area (Å²) >= 11 is 0. The fourth-order valence-electron chi connectivity index (χ4n) is 3.01. The Morgan fingerprint density at radius 2 is 1.91 bits per heavy atom. The molecule has 5 heteroatoms. The number of nitrogen functional groups attached to an aromatic ring is 1. The zero-order valence-electron chi connectivity index (χ0n) is 13.4. The SMILES string of the molecule is Nc1cc(CCCN2CCN(c3ccccn3)CC2)ccc1O. The third kappa shape index (κ3) is 4.13. The van der Waals surface area contributed by atoms with E-state index in [0.717, 1.165) is 51.4 Å². The number of hydrogen-bond donors (Lipinski definition) is 2. The maximum atomic E-state index is 9.45. The van der Waals surface area contributed by atoms with Gasteiger partial charge < -0.3 is 15.7 Å². The zero-order chi connectivity index (χ0) is 16.1. The second-order valence-corrected chi connectivity index (χ2v) is 6.01. The Balaban J connectivity index is 1.41. The predicted octanol–water partition coefficient (Wildman–Crippen LogP) is 2.12. The van der Waals surface area contributed by atoms with E-state index in [9.17, 15) is 5.11 Å². The van der Waals surface area contributed by atoms with Crippen molar-refractivity contribution in [1.82, 2.24) is 9.88 Å². The molecule has 1 aliphatic heterocycles. The van der Waals surface area contributed by atoms with Gasteiger partial charge in [-0.25, -0.2) is 4.98 Å². The lowest BCUT2D eigenvalue weighted by atomic mass is 10.1. The van der Waals surface area contributed by atoms with E-state index in [1.54, 1.807) is 6.07 Å². The lowest BCUT2D eigenvalue weighted by Gasteiger charge is -2.35. The summed E-state index contributed by atoms with van der Waals surface area (Å²) < 4.78 is 0. The number of pyridine rings is 1. The number of phenolic OH excluding ortho intramolecular Hbond substituents is 1. The number of rotatable bonds is 5. The van der Waals surface area contributed by atoms with Gasteiger partial charge in [0.2, 0.25) is 0 Å². The van der Waals surface area contributed by atoms with Gasteiger partial charge in [0.25, 0.3) is 0 Å². The normalized spacial score (nSPS) is 15.7. The van der Waals surface area contributed by atoms with Crippen molar-refractivity contribution in [1.29, 1.82) is 0 Å². The molecule has 0 amide bonds. The van der Waals surface area contributed by atoms with Gasteiger partial charge in [-0.05, 0) is 49.2 Å². The molecule has 122 valence electrons. The first-order valence-electron chi connectivity index (χ1n) is 8.18. The Labute approximate surface area is 137 Å². The fourth-order valence-corrected chi connectivity index (χ4v) is 3.01. The van der Waals surface area contributed by atoms with E-state index < -0.39 is 0 Å². The van der Waals surface area contributed by atoms with Crippen LogP contribution >= 0.6 is 0 Å². The van der Waals surface area contributed by atoms with Crippen LogP contribution in [0.2, 0.25) is 0 Å². The Morgan fingerprint density at radius 3 is 2.61 bits per heavy atom. The van der Waals surface area contributed by atoms with Crippen molar-refractivity contribution in [2.45, 2.75) is 12.8 Å². The van der Waals surface area contributed by atoms with E-state index in [0.29, 0.717) is 5.69 Å². The number of piperazine rings is 1. The van der Waals surface area contributed by atoms with Gasteiger partial charge in [0, 0.05) is 32.4 Å². The summed E-state index contributed by atoms with van der Waals surface area (Å²) in [7, 11) is 0. The van der Waals surface area contributed by atoms with E-state index in [2.05, 4.69) is 20.9 Å². The lowest BCUT2D eigenvalue weighted by Crippen LogP contribution is -2.46. The van der Waals surface area contributed by atoms with E-state index >= 15 is 0 Å². The molecular formula is C18H24N4O. The molecule has 0 aliphatic carbocycles. The van der Waals surface area contributed by atoms with Crippen LogP contribution in [0.15, 0.2) is 42.6 Å². The molecule has 0 saturated carbocycles. The average molecular weight is 312 g/mol. The third-order valence-corrected chi connectivity index (χ3v) is 4.38. The Kier molecular flexibility index (Phi) is 4.98. The molecule has 1 aromatic heterocycles. The van der Waals surface area contributed by atoms with Gasteiger partial charge in [0.1, 0.15) is 11.6 Å². The average Bonchev–Trinajstić information content (AvgIpc) is 2.59. The van der Waals surface area contributed by atoms with Crippen LogP contribution in [0.4, 0.5) is 11.5 Å². The molecule has 1 aromatic carbocycles. The van der Waals surface area contributed by atoms with Crippen LogP contribution < -0.4 is 10.6 Å². The number of hydrogen-bond acceptors (Lipinski definition) is 5. The van der Waals surface area contributed by atoms with Gasteiger partial charge in [0.05, 0.1) is 5.69 Å². The summed E-state index contributed by atoms with van der Waals surface area (Å²) in [5.41, 5.74) is 7.39. The maximum Gasteiger partial charge on any atom is 0.138 e. The molecule has 1 aliphatic rings. The first-order valence-corrected chi connectivity index (χ1v) is 8.18. The minimum absolute atomic E-state index is 0.166. The summed E-state index contributed by atoms with van der Waals surface area (Å²) in [4.78, 5) is 9.27. The van der Waals surface area contributed by atoms with Crippen molar-refractivity contribution in [3.8, 4) is 5.75 Å². The molecular weight excluding hydrogens is 288 g/mol. The molecule has 0 radical (unpaired) electrons. The number of aryl methyl sites for hydroxylation is 1. The molecule has 2 aromatic rings. The van der Waals surface area contributed by atoms with Crippen LogP contribution in [0, 0.1) is 0 Å². The van der Waals surface area contributed by atoms with Crippen molar-refractivity contribution in [2.75, 3.05) is 43.4 Å². The van der Waals surface area contributed by atoms with E-state index in [1.807, 2.05) is 30.5 Å². The van der Waals surface area contributed by atoms with Crippen LogP contribution in [-0.2, 0) is 6.42 Å². The predicted molar refractivity (Wildman–Crippen MR) is 93.7 cm³/mol. The summed E-state index contributed by atoms with van der Waals surface area (Å²) in [6.45, 7) is 5.31. The molecule has 5 nitrogen and oxygen atoms in total. The first kappa shape index (κ1) is 15.6. The van der Waals surface area contributed by atoms with Crippen molar-refractivity contribution < 1.29 is 5.11 Å². The second-order valence-electron chi connectivity index (χ2n) is 6.01. The van der Waals surface area contributed by atoms with Gasteiger partial charge in [-0.3, -0.25) is 4.90 Å². The van der Waals surface area contributed by atoms with Crippen LogP contribution in [-0.4, -0.2) is 47.7 Å². The molecule has 1 saturated heterocycles. The number of anilines is 2. The summed E-state index contributed by atoms with van der Waals surface area (Å²) in [5.74, 6) is 1.24. The second kappa shape index (κ2) is 7.33. The molecule has 23 heavy (non-hydrogen) atoms. The number of nitrogens with zero attached hydrogens (tertiary/aromatic N) is 3. The minimum atomic E-state index is 0.166. The molecule has 0 bridgehead atoms. The number of nitrogens with two attached hydrogens (primary N) is 1. The molecule has 0 spiro atoms. The van der Waals surface area contributed by atoms with Crippen molar-refractivity contribution in [3.63, 3.8) is 0 Å². The summed E-state index contributed by atoms with van der Waals surface area (Å²) in [6, 6.07) is 11.6. The Bertz CT molecular complexity index is 624. The van der Waals surface area contributed by atoms with Gasteiger partial charge in [-0.1, -0.05) is 12.1 Å². The van der Waals surface area contributed by atoms with Gasteiger partial charge >= 0.3 is 0 Å². The number of aromatic nitrogens is 1. The molecule has 0 atom stereocenters. The highest BCUT2D eigenvalue weighted by molar-refractivity contribution is 5.53. The summed E-state index contributed by atoms with van der Waals surface area (Å²) in [5, 5.41) is 9.45. The summed E-state index contributed by atoms with van der Waals surface area (Å²) in [6.07, 6.45) is 3.95. The highest BCUT2D eigenvalue weighted by atomic mass is 16.3. The van der Waals surface area contributed by atoms with Crippen molar-refractivity contribution in [3.05, 3.63) is 48.2 Å². The molecule has 0 unspecified atom stereocenters. The van der Waals surface area contributed by atoms with Gasteiger partial charge in [-0.15, -0.1) is 0 Å². The molecule has 3 rings (SSSR count). The zero-order valence-corrected chi connectivity index (χ0v) is 13.4. The van der Waals surface area contributed by atoms with E-state index in [1.165, 1.54) is 5.56 Å². The van der Waals surface area contributed by atoms with Crippen LogP contribution in [0.1, 0.15) is 12.0 Å². The Morgan fingerprint density at radius 1 is 1.09 bits per heavy atom. The number of benzene rings is 1. The van der Waals surface area contributed by atoms with Crippen molar-refractivity contribution in [2.24, 2.45) is 0 Å². The fraction of sp³-hybridized carbons (Fsp3) is 0.389. The highest BCUT2D eigenvalue weighted by Gasteiger charge is 2.17. The Hall–Kier alpha value is -2.27. The minimum Gasteiger partial charge on any atom is -0.506 e. The van der Waals surface area contributed by atoms with Crippen molar-refractivity contribution >= 4 is 11.5 Å². The van der Waals surface area contributed by atoms with Gasteiger partial charge in [0.15, 0.2) is 0 Å². The van der Waals surface area contributed by atoms with Crippen LogP contribution in [0.25, 0.3) is 0 Å². The molecule has 2 heterocycles. The lowest BCUT2D eigenvalue weighted by molar-refractivity contribution is 0.254. The number of phenols is 1. The highest BCUT2D eigenvalue weighted by Crippen LogP contribution is 2.21. The van der Waals surface area contributed by atoms with Gasteiger partial charge in [-0.2, -0.15) is 0 Å². The molecule has 3 N–H and O–H groups in total. The smallest absolute Gasteiger partial charge is 0.138 e. The molecule has 1 fully saturated rings. The standard InChI is InChI=1S/C18H24N4O/c19-16-14-15(6-7-17(16)23)4-3-9-21-10-12-22(13-11-21)18-5-1-2-8-20-18/h1-2,5-8,14,23H,3-4,9-13,19H2. The van der Waals surface area contributed by atoms with Crippen LogP contribution in [0.5, 0.6) is 5.75 Å². The topological polar surface area (TPSA) is 65.6 Å². The van der Waals surface area contributed by atoms with E-state index in [4.69, 9.17) is 5.73 Å². The first-order chi connectivity index (χ1) is 11.2. The quantitative estimate of drug-likeness (QED) is 0.654. The third-order valence-electron chi connectivity index (χ3n) is 4.38. The monoisotopic (exact) mass is 312 g/mol. The largest absolute Gasteiger partial charge is 0.506 e. The van der Waals surface area contributed by atoms with E-state index in [-0.39, 0.29) is 5.75 Å². The number of aromatic hydroxyl groups is 1. The maximum absolute atomic E-state index is 9.45.